The van der Waals surface area contributed by atoms with Gasteiger partial charge in [-0.25, -0.2) is 0 Å². The molecule has 1 unspecified atom stereocenters. The van der Waals surface area contributed by atoms with Crippen LogP contribution in [-0.2, 0) is 0 Å². The zero-order valence-corrected chi connectivity index (χ0v) is 12.5. The van der Waals surface area contributed by atoms with Crippen molar-refractivity contribution in [2.45, 2.75) is 26.7 Å². The fraction of sp³-hybridized carbons (Fsp3) is 0.588. The van der Waals surface area contributed by atoms with Crippen molar-refractivity contribution in [2.24, 2.45) is 11.3 Å². The van der Waals surface area contributed by atoms with Gasteiger partial charge in [-0.05, 0) is 25.3 Å². The number of hydrogen-bond donors (Lipinski definition) is 1. The van der Waals surface area contributed by atoms with Gasteiger partial charge in [-0.15, -0.1) is 0 Å². The molecule has 1 fully saturated rings. The van der Waals surface area contributed by atoms with Gasteiger partial charge in [-0.1, -0.05) is 44.2 Å². The van der Waals surface area contributed by atoms with Crippen LogP contribution in [0.5, 0.6) is 0 Å². The van der Waals surface area contributed by atoms with Crippen LogP contribution >= 0.6 is 0 Å². The summed E-state index contributed by atoms with van der Waals surface area (Å²) >= 11 is 0. The molecule has 3 heteroatoms. The number of benzene rings is 1. The maximum absolute atomic E-state index is 12.6. The SMILES string of the molecule is CC(C)(CN1CCCC(CO)C1)C(=O)c1ccccc1. The number of likely N-dealkylation sites (tertiary alicyclic amines) is 1. The van der Waals surface area contributed by atoms with Crippen molar-refractivity contribution < 1.29 is 9.90 Å². The summed E-state index contributed by atoms with van der Waals surface area (Å²) in [7, 11) is 0. The number of Topliss-reactive ketones (excluding diaryl/α,β-unsaturated/α-hetero) is 1. The molecule has 3 nitrogen and oxygen atoms in total. The van der Waals surface area contributed by atoms with E-state index in [0.717, 1.165) is 38.0 Å². The van der Waals surface area contributed by atoms with Crippen LogP contribution in [-0.4, -0.2) is 42.0 Å². The first-order valence-electron chi connectivity index (χ1n) is 7.46. The van der Waals surface area contributed by atoms with Gasteiger partial charge in [-0.2, -0.15) is 0 Å². The van der Waals surface area contributed by atoms with Crippen LogP contribution in [0.1, 0.15) is 37.0 Å². The minimum atomic E-state index is -0.390. The molecule has 0 bridgehead atoms. The second kappa shape index (κ2) is 6.51. The van der Waals surface area contributed by atoms with E-state index in [1.807, 2.05) is 44.2 Å². The van der Waals surface area contributed by atoms with E-state index in [2.05, 4.69) is 4.90 Å². The van der Waals surface area contributed by atoms with Gasteiger partial charge < -0.3 is 10.0 Å². The van der Waals surface area contributed by atoms with E-state index in [0.29, 0.717) is 5.92 Å². The molecule has 0 spiro atoms. The minimum absolute atomic E-state index is 0.198. The van der Waals surface area contributed by atoms with Crippen molar-refractivity contribution in [1.29, 1.82) is 0 Å². The van der Waals surface area contributed by atoms with Crippen LogP contribution in [0.15, 0.2) is 30.3 Å². The van der Waals surface area contributed by atoms with E-state index < -0.39 is 5.41 Å². The lowest BCUT2D eigenvalue weighted by Gasteiger charge is -2.37. The number of nitrogens with zero attached hydrogens (tertiary/aromatic N) is 1. The predicted molar refractivity (Wildman–Crippen MR) is 80.8 cm³/mol. The first kappa shape index (κ1) is 15.2. The second-order valence-electron chi connectivity index (χ2n) is 6.50. The lowest BCUT2D eigenvalue weighted by Crippen LogP contribution is -2.44. The van der Waals surface area contributed by atoms with Gasteiger partial charge in [0.15, 0.2) is 5.78 Å². The average Bonchev–Trinajstić information content (AvgIpc) is 2.47. The largest absolute Gasteiger partial charge is 0.396 e. The van der Waals surface area contributed by atoms with Crippen molar-refractivity contribution in [1.82, 2.24) is 4.90 Å². The molecule has 0 aliphatic carbocycles. The third-order valence-electron chi connectivity index (χ3n) is 4.13. The maximum atomic E-state index is 12.6. The Morgan fingerprint density at radius 2 is 2.05 bits per heavy atom. The first-order chi connectivity index (χ1) is 9.53. The van der Waals surface area contributed by atoms with Crippen molar-refractivity contribution >= 4 is 5.78 Å². The highest BCUT2D eigenvalue weighted by Crippen LogP contribution is 2.26. The number of carbonyl (C=O) groups excluding carboxylic acids is 1. The Kier molecular flexibility index (Phi) is 4.95. The van der Waals surface area contributed by atoms with E-state index >= 15 is 0 Å². The molecule has 0 amide bonds. The van der Waals surface area contributed by atoms with Gasteiger partial charge in [0.25, 0.3) is 0 Å². The first-order valence-corrected chi connectivity index (χ1v) is 7.46. The lowest BCUT2D eigenvalue weighted by atomic mass is 9.83. The summed E-state index contributed by atoms with van der Waals surface area (Å²) in [4.78, 5) is 14.9. The second-order valence-corrected chi connectivity index (χ2v) is 6.50. The van der Waals surface area contributed by atoms with Crippen molar-refractivity contribution in [3.05, 3.63) is 35.9 Å². The third kappa shape index (κ3) is 3.68. The normalized spacial score (nSPS) is 20.9. The van der Waals surface area contributed by atoms with Crippen LogP contribution in [0.3, 0.4) is 0 Å². The molecule has 1 aliphatic heterocycles. The number of rotatable bonds is 5. The Hall–Kier alpha value is -1.19. The summed E-state index contributed by atoms with van der Waals surface area (Å²) in [5.74, 6) is 0.565. The molecule has 0 aromatic heterocycles. The molecule has 1 N–H and O–H groups in total. The van der Waals surface area contributed by atoms with Gasteiger partial charge >= 0.3 is 0 Å². The van der Waals surface area contributed by atoms with Crippen LogP contribution in [0.2, 0.25) is 0 Å². The van der Waals surface area contributed by atoms with E-state index in [-0.39, 0.29) is 12.4 Å². The Labute approximate surface area is 121 Å². The van der Waals surface area contributed by atoms with E-state index in [4.69, 9.17) is 0 Å². The molecule has 110 valence electrons. The summed E-state index contributed by atoms with van der Waals surface area (Å²) in [6.45, 7) is 6.99. The summed E-state index contributed by atoms with van der Waals surface area (Å²) < 4.78 is 0. The van der Waals surface area contributed by atoms with Crippen LogP contribution < -0.4 is 0 Å². The molecular weight excluding hydrogens is 250 g/mol. The molecule has 0 saturated carbocycles. The summed E-state index contributed by atoms with van der Waals surface area (Å²) in [5, 5.41) is 9.30. The van der Waals surface area contributed by atoms with Crippen molar-refractivity contribution in [3.63, 3.8) is 0 Å². The highest BCUT2D eigenvalue weighted by atomic mass is 16.3. The Bertz CT molecular complexity index is 442. The standard InChI is InChI=1S/C17H25NO2/c1-17(2,16(20)15-8-4-3-5-9-15)13-18-10-6-7-14(11-18)12-19/h3-5,8-9,14,19H,6-7,10-13H2,1-2H3. The molecular formula is C17H25NO2. The zero-order chi connectivity index (χ0) is 14.6. The predicted octanol–water partition coefficient (Wildman–Crippen LogP) is 2.60. The molecule has 0 radical (unpaired) electrons. The number of hydrogen-bond acceptors (Lipinski definition) is 3. The minimum Gasteiger partial charge on any atom is -0.396 e. The monoisotopic (exact) mass is 275 g/mol. The van der Waals surface area contributed by atoms with Crippen LogP contribution in [0, 0.1) is 11.3 Å². The molecule has 2 rings (SSSR count). The number of ketones is 1. The fourth-order valence-corrected chi connectivity index (χ4v) is 3.06. The molecule has 1 aliphatic rings. The number of carbonyl (C=O) groups is 1. The number of aliphatic hydroxyl groups excluding tert-OH is 1. The number of aliphatic hydroxyl groups is 1. The molecule has 1 atom stereocenters. The summed E-state index contributed by atoms with van der Waals surface area (Å²) in [5.41, 5.74) is 0.395. The quantitative estimate of drug-likeness (QED) is 0.840. The number of piperidine rings is 1. The Morgan fingerprint density at radius 3 is 2.70 bits per heavy atom. The van der Waals surface area contributed by atoms with Gasteiger partial charge in [0.1, 0.15) is 0 Å². The maximum Gasteiger partial charge on any atom is 0.169 e. The highest BCUT2D eigenvalue weighted by molar-refractivity contribution is 6.00. The molecule has 1 heterocycles. The molecule has 1 aromatic carbocycles. The third-order valence-corrected chi connectivity index (χ3v) is 4.13. The van der Waals surface area contributed by atoms with Gasteiger partial charge in [-0.3, -0.25) is 4.79 Å². The summed E-state index contributed by atoms with van der Waals surface area (Å²) in [6, 6.07) is 9.52. The Balaban J connectivity index is 2.01. The van der Waals surface area contributed by atoms with Gasteiger partial charge in [0.2, 0.25) is 0 Å². The fourth-order valence-electron chi connectivity index (χ4n) is 3.06. The van der Waals surface area contributed by atoms with Crippen LogP contribution in [0.4, 0.5) is 0 Å². The summed E-state index contributed by atoms with van der Waals surface area (Å²) in [6.07, 6.45) is 2.21. The molecule has 1 aromatic rings. The molecule has 1 saturated heterocycles. The lowest BCUT2D eigenvalue weighted by molar-refractivity contribution is 0.0650. The Morgan fingerprint density at radius 1 is 1.35 bits per heavy atom. The van der Waals surface area contributed by atoms with E-state index in [9.17, 15) is 9.90 Å². The van der Waals surface area contributed by atoms with Crippen molar-refractivity contribution in [2.75, 3.05) is 26.2 Å². The molecule has 20 heavy (non-hydrogen) atoms. The van der Waals surface area contributed by atoms with Crippen molar-refractivity contribution in [3.8, 4) is 0 Å². The van der Waals surface area contributed by atoms with Crippen LogP contribution in [0.25, 0.3) is 0 Å². The van der Waals surface area contributed by atoms with Gasteiger partial charge in [0.05, 0.1) is 0 Å². The topological polar surface area (TPSA) is 40.5 Å². The van der Waals surface area contributed by atoms with E-state index in [1.54, 1.807) is 0 Å². The van der Waals surface area contributed by atoms with Gasteiger partial charge in [0, 0.05) is 30.7 Å². The van der Waals surface area contributed by atoms with E-state index in [1.165, 1.54) is 0 Å². The highest BCUT2D eigenvalue weighted by Gasteiger charge is 2.32. The smallest absolute Gasteiger partial charge is 0.169 e. The zero-order valence-electron chi connectivity index (χ0n) is 12.5. The average molecular weight is 275 g/mol.